The third-order valence-corrected chi connectivity index (χ3v) is 4.88. The van der Waals surface area contributed by atoms with Crippen LogP contribution >= 0.6 is 0 Å². The Balaban J connectivity index is 1.78. The summed E-state index contributed by atoms with van der Waals surface area (Å²) in [7, 11) is 2.97. The number of amides is 1. The van der Waals surface area contributed by atoms with Crippen molar-refractivity contribution in [3.8, 4) is 23.3 Å². The summed E-state index contributed by atoms with van der Waals surface area (Å²) in [4.78, 5) is 12.6. The largest absolute Gasteiger partial charge is 0.497 e. The number of rotatable bonds is 8. The molecule has 180 valence electrons. The Morgan fingerprint density at radius 3 is 2.37 bits per heavy atom. The summed E-state index contributed by atoms with van der Waals surface area (Å²) in [6.07, 6.45) is -3.09. The average Bonchev–Trinajstić information content (AvgIpc) is 2.86. The van der Waals surface area contributed by atoms with E-state index in [2.05, 4.69) is 5.32 Å². The summed E-state index contributed by atoms with van der Waals surface area (Å²) in [6, 6.07) is 17.9. The Labute approximate surface area is 200 Å². The molecule has 1 amide bonds. The number of ether oxygens (including phenoxy) is 3. The molecule has 0 aromatic heterocycles. The van der Waals surface area contributed by atoms with Crippen molar-refractivity contribution in [2.24, 2.45) is 0 Å². The molecule has 35 heavy (non-hydrogen) atoms. The van der Waals surface area contributed by atoms with Crippen LogP contribution < -0.4 is 19.5 Å². The minimum absolute atomic E-state index is 0.0411. The smallest absolute Gasteiger partial charge is 0.416 e. The fraction of sp³-hybridized carbons (Fsp3) is 0.154. The molecule has 0 unspecified atom stereocenters. The van der Waals surface area contributed by atoms with Crippen molar-refractivity contribution in [2.45, 2.75) is 12.8 Å². The normalized spacial score (nSPS) is 11.4. The van der Waals surface area contributed by atoms with Crippen molar-refractivity contribution in [3.63, 3.8) is 0 Å². The molecule has 1 N–H and O–H groups in total. The second-order valence-corrected chi connectivity index (χ2v) is 7.24. The number of benzene rings is 3. The van der Waals surface area contributed by atoms with Crippen LogP contribution in [-0.4, -0.2) is 20.1 Å². The predicted octanol–water partition coefficient (Wildman–Crippen LogP) is 5.85. The number of anilines is 1. The first-order valence-electron chi connectivity index (χ1n) is 10.3. The minimum atomic E-state index is -4.48. The van der Waals surface area contributed by atoms with Crippen LogP contribution in [0, 0.1) is 11.3 Å². The average molecular weight is 482 g/mol. The summed E-state index contributed by atoms with van der Waals surface area (Å²) in [6.45, 7) is -0.0912. The van der Waals surface area contributed by atoms with Crippen molar-refractivity contribution in [1.82, 2.24) is 0 Å². The molecular weight excluding hydrogens is 461 g/mol. The van der Waals surface area contributed by atoms with Gasteiger partial charge in [-0.25, -0.2) is 0 Å². The zero-order valence-corrected chi connectivity index (χ0v) is 18.8. The second-order valence-electron chi connectivity index (χ2n) is 7.24. The third kappa shape index (κ3) is 6.77. The van der Waals surface area contributed by atoms with Gasteiger partial charge in [-0.15, -0.1) is 0 Å². The van der Waals surface area contributed by atoms with E-state index in [0.29, 0.717) is 28.3 Å². The van der Waals surface area contributed by atoms with Crippen molar-refractivity contribution in [1.29, 1.82) is 5.26 Å². The molecular formula is C26H21F3N2O4. The van der Waals surface area contributed by atoms with Gasteiger partial charge in [0.2, 0.25) is 0 Å². The molecule has 0 aliphatic heterocycles. The maximum absolute atomic E-state index is 12.9. The molecule has 0 spiro atoms. The van der Waals surface area contributed by atoms with Crippen molar-refractivity contribution in [3.05, 3.63) is 89.0 Å². The molecule has 0 bridgehead atoms. The number of nitrogens with zero attached hydrogens (tertiary/aromatic N) is 1. The highest BCUT2D eigenvalue weighted by molar-refractivity contribution is 6.09. The molecule has 0 fully saturated rings. The Morgan fingerprint density at radius 1 is 1.00 bits per heavy atom. The van der Waals surface area contributed by atoms with Gasteiger partial charge >= 0.3 is 6.18 Å². The van der Waals surface area contributed by atoms with Crippen LogP contribution in [0.25, 0.3) is 6.08 Å². The van der Waals surface area contributed by atoms with E-state index in [0.717, 1.165) is 12.1 Å². The third-order valence-electron chi connectivity index (χ3n) is 4.88. The zero-order chi connectivity index (χ0) is 25.4. The lowest BCUT2D eigenvalue weighted by Crippen LogP contribution is -2.13. The molecule has 9 heteroatoms. The van der Waals surface area contributed by atoms with Gasteiger partial charge in [-0.05, 0) is 66.2 Å². The van der Waals surface area contributed by atoms with Gasteiger partial charge in [0.1, 0.15) is 35.5 Å². The standard InChI is InChI=1S/C26H21F3N2O4/c1-33-22-9-7-21(8-10-22)31-25(32)18(15-30)12-17-6-11-24(34-2)19(13-17)16-35-23-5-3-4-20(14-23)26(27,28)29/h3-14H,16H2,1-2H3,(H,31,32). The number of halogens is 3. The first kappa shape index (κ1) is 25.2. The molecule has 0 aliphatic carbocycles. The number of carbonyl (C=O) groups is 1. The zero-order valence-electron chi connectivity index (χ0n) is 18.8. The van der Waals surface area contributed by atoms with Crippen LogP contribution in [0.15, 0.2) is 72.3 Å². The van der Waals surface area contributed by atoms with E-state index >= 15 is 0 Å². The Hall–Kier alpha value is -4.45. The van der Waals surface area contributed by atoms with Gasteiger partial charge in [0.15, 0.2) is 0 Å². The lowest BCUT2D eigenvalue weighted by molar-refractivity contribution is -0.137. The second kappa shape index (κ2) is 11.1. The number of methoxy groups -OCH3 is 2. The summed E-state index contributed by atoms with van der Waals surface area (Å²) >= 11 is 0. The molecule has 3 aromatic carbocycles. The van der Waals surface area contributed by atoms with Crippen LogP contribution in [-0.2, 0) is 17.6 Å². The maximum Gasteiger partial charge on any atom is 0.416 e. The lowest BCUT2D eigenvalue weighted by atomic mass is 10.1. The molecule has 3 aromatic rings. The number of carbonyl (C=O) groups excluding carboxylic acids is 1. The van der Waals surface area contributed by atoms with Crippen molar-refractivity contribution in [2.75, 3.05) is 19.5 Å². The van der Waals surface area contributed by atoms with E-state index in [9.17, 15) is 23.2 Å². The van der Waals surface area contributed by atoms with Gasteiger partial charge in [-0.1, -0.05) is 12.1 Å². The van der Waals surface area contributed by atoms with E-state index in [-0.39, 0.29) is 17.9 Å². The summed E-state index contributed by atoms with van der Waals surface area (Å²) in [5, 5.41) is 12.1. The summed E-state index contributed by atoms with van der Waals surface area (Å²) in [5.74, 6) is 0.502. The van der Waals surface area contributed by atoms with Crippen molar-refractivity contribution < 1.29 is 32.2 Å². The van der Waals surface area contributed by atoms with Gasteiger partial charge in [0, 0.05) is 11.3 Å². The molecule has 0 radical (unpaired) electrons. The first-order valence-corrected chi connectivity index (χ1v) is 10.3. The molecule has 0 saturated heterocycles. The number of nitrogens with one attached hydrogen (secondary N) is 1. The molecule has 6 nitrogen and oxygen atoms in total. The van der Waals surface area contributed by atoms with Gasteiger partial charge in [0.05, 0.1) is 19.8 Å². The number of hydrogen-bond donors (Lipinski definition) is 1. The molecule has 0 heterocycles. The van der Waals surface area contributed by atoms with Crippen LogP contribution in [0.1, 0.15) is 16.7 Å². The monoisotopic (exact) mass is 482 g/mol. The van der Waals surface area contributed by atoms with Crippen LogP contribution in [0.3, 0.4) is 0 Å². The fourth-order valence-electron chi connectivity index (χ4n) is 3.11. The SMILES string of the molecule is COc1ccc(NC(=O)C(C#N)=Cc2ccc(OC)c(COc3cccc(C(F)(F)F)c3)c2)cc1. The number of alkyl halides is 3. The highest BCUT2D eigenvalue weighted by Gasteiger charge is 2.30. The Kier molecular flexibility index (Phi) is 8.00. The first-order chi connectivity index (χ1) is 16.7. The van der Waals surface area contributed by atoms with Crippen molar-refractivity contribution >= 4 is 17.7 Å². The quantitative estimate of drug-likeness (QED) is 0.322. The van der Waals surface area contributed by atoms with Gasteiger partial charge in [-0.2, -0.15) is 18.4 Å². The molecule has 0 atom stereocenters. The Morgan fingerprint density at radius 2 is 1.74 bits per heavy atom. The van der Waals surface area contributed by atoms with Crippen LogP contribution in [0.4, 0.5) is 18.9 Å². The highest BCUT2D eigenvalue weighted by atomic mass is 19.4. The van der Waals surface area contributed by atoms with E-state index in [1.807, 2.05) is 6.07 Å². The maximum atomic E-state index is 12.9. The summed E-state index contributed by atoms with van der Waals surface area (Å²) in [5.41, 5.74) is 0.555. The van der Waals surface area contributed by atoms with E-state index in [1.54, 1.807) is 42.5 Å². The van der Waals surface area contributed by atoms with E-state index in [4.69, 9.17) is 14.2 Å². The molecule has 3 rings (SSSR count). The van der Waals surface area contributed by atoms with Crippen LogP contribution in [0.5, 0.6) is 17.2 Å². The molecule has 0 saturated carbocycles. The molecule has 0 aliphatic rings. The highest BCUT2D eigenvalue weighted by Crippen LogP contribution is 2.32. The predicted molar refractivity (Wildman–Crippen MR) is 124 cm³/mol. The van der Waals surface area contributed by atoms with E-state index < -0.39 is 17.6 Å². The number of hydrogen-bond acceptors (Lipinski definition) is 5. The summed E-state index contributed by atoms with van der Waals surface area (Å²) < 4.78 is 54.8. The van der Waals surface area contributed by atoms with Crippen LogP contribution in [0.2, 0.25) is 0 Å². The topological polar surface area (TPSA) is 80.6 Å². The van der Waals surface area contributed by atoms with Gasteiger partial charge in [-0.3, -0.25) is 4.79 Å². The minimum Gasteiger partial charge on any atom is -0.497 e. The van der Waals surface area contributed by atoms with Gasteiger partial charge < -0.3 is 19.5 Å². The number of nitriles is 1. The fourth-order valence-corrected chi connectivity index (χ4v) is 3.11. The van der Waals surface area contributed by atoms with Gasteiger partial charge in [0.25, 0.3) is 5.91 Å². The van der Waals surface area contributed by atoms with E-state index in [1.165, 1.54) is 32.4 Å². The Bertz CT molecular complexity index is 1260. The lowest BCUT2D eigenvalue weighted by Gasteiger charge is -2.13.